The number of carboxylic acids is 1. The van der Waals surface area contributed by atoms with Crippen LogP contribution in [0.1, 0.15) is 56.8 Å². The van der Waals surface area contributed by atoms with E-state index in [1.165, 1.54) is 0 Å². The third kappa shape index (κ3) is 5.88. The van der Waals surface area contributed by atoms with Crippen molar-refractivity contribution in [2.75, 3.05) is 26.9 Å². The maximum absolute atomic E-state index is 13.3. The number of rotatable bonds is 10. The zero-order valence-corrected chi connectivity index (χ0v) is 21.7. The zero-order chi connectivity index (χ0) is 27.3. The van der Waals surface area contributed by atoms with Crippen LogP contribution >= 0.6 is 0 Å². The summed E-state index contributed by atoms with van der Waals surface area (Å²) in [5, 5.41) is 14.1. The molecule has 0 bridgehead atoms. The Labute approximate surface area is 214 Å². The molecule has 11 heteroatoms. The summed E-state index contributed by atoms with van der Waals surface area (Å²) in [6.07, 6.45) is -0.409. The SMILES string of the molecule is CCOC(=O)c1nc(-c2cccc(C3C(C(=O)O)=C(C)N(CCOC)C(C)=C3C(=O)OC(C)C)c2)no1. The highest BCUT2D eigenvalue weighted by molar-refractivity contribution is 5.99. The second-order valence-electron chi connectivity index (χ2n) is 8.60. The van der Waals surface area contributed by atoms with Gasteiger partial charge in [0.1, 0.15) is 0 Å². The number of aromatic nitrogens is 2. The maximum atomic E-state index is 13.3. The molecular formula is C26H31N3O8. The number of ether oxygens (including phenoxy) is 3. The molecule has 1 aliphatic rings. The lowest BCUT2D eigenvalue weighted by atomic mass is 9.79. The van der Waals surface area contributed by atoms with Crippen LogP contribution in [0.25, 0.3) is 11.4 Å². The van der Waals surface area contributed by atoms with Crippen molar-refractivity contribution in [1.29, 1.82) is 0 Å². The van der Waals surface area contributed by atoms with E-state index in [9.17, 15) is 19.5 Å². The minimum Gasteiger partial charge on any atom is -0.478 e. The van der Waals surface area contributed by atoms with E-state index in [2.05, 4.69) is 10.1 Å². The van der Waals surface area contributed by atoms with Crippen LogP contribution in [0.4, 0.5) is 0 Å². The van der Waals surface area contributed by atoms with Gasteiger partial charge in [-0.1, -0.05) is 23.4 Å². The van der Waals surface area contributed by atoms with Crippen LogP contribution in [0.5, 0.6) is 0 Å². The van der Waals surface area contributed by atoms with Crippen molar-refractivity contribution in [3.05, 3.63) is 58.3 Å². The Balaban J connectivity index is 2.16. The van der Waals surface area contributed by atoms with Crippen molar-refractivity contribution < 1.29 is 38.2 Å². The van der Waals surface area contributed by atoms with Crippen molar-refractivity contribution in [1.82, 2.24) is 15.0 Å². The summed E-state index contributed by atoms with van der Waals surface area (Å²) in [7, 11) is 1.55. The number of carbonyl (C=O) groups excluding carboxylic acids is 2. The molecule has 37 heavy (non-hydrogen) atoms. The largest absolute Gasteiger partial charge is 0.478 e. The molecule has 11 nitrogen and oxygen atoms in total. The summed E-state index contributed by atoms with van der Waals surface area (Å²) in [6, 6.07) is 6.77. The number of aliphatic carboxylic acids is 1. The van der Waals surface area contributed by atoms with Crippen LogP contribution in [0, 0.1) is 0 Å². The van der Waals surface area contributed by atoms with Gasteiger partial charge in [-0.15, -0.1) is 0 Å². The van der Waals surface area contributed by atoms with Gasteiger partial charge in [-0.2, -0.15) is 4.98 Å². The number of hydrogen-bond donors (Lipinski definition) is 1. The third-order valence-electron chi connectivity index (χ3n) is 5.83. The predicted molar refractivity (Wildman–Crippen MR) is 131 cm³/mol. The lowest BCUT2D eigenvalue weighted by Gasteiger charge is -2.37. The smallest absolute Gasteiger partial charge is 0.397 e. The Bertz CT molecular complexity index is 1240. The van der Waals surface area contributed by atoms with Gasteiger partial charge >= 0.3 is 23.8 Å². The highest BCUT2D eigenvalue weighted by Gasteiger charge is 2.40. The minimum absolute atomic E-state index is 0.0369. The second-order valence-corrected chi connectivity index (χ2v) is 8.60. The fourth-order valence-electron chi connectivity index (χ4n) is 4.25. The Morgan fingerprint density at radius 2 is 1.84 bits per heavy atom. The summed E-state index contributed by atoms with van der Waals surface area (Å²) >= 11 is 0. The molecule has 1 aliphatic heterocycles. The number of carboxylic acid groups (broad SMARTS) is 1. The van der Waals surface area contributed by atoms with Gasteiger partial charge in [-0.25, -0.2) is 14.4 Å². The van der Waals surface area contributed by atoms with Crippen molar-refractivity contribution >= 4 is 17.9 Å². The van der Waals surface area contributed by atoms with Crippen LogP contribution in [-0.2, 0) is 23.8 Å². The molecule has 0 amide bonds. The van der Waals surface area contributed by atoms with Gasteiger partial charge < -0.3 is 28.7 Å². The monoisotopic (exact) mass is 513 g/mol. The predicted octanol–water partition coefficient (Wildman–Crippen LogP) is 3.54. The van der Waals surface area contributed by atoms with Gasteiger partial charge in [0.15, 0.2) is 0 Å². The molecular weight excluding hydrogens is 482 g/mol. The number of nitrogens with zero attached hydrogens (tertiary/aromatic N) is 3. The second kappa shape index (κ2) is 11.8. The van der Waals surface area contributed by atoms with Gasteiger partial charge in [-0.05, 0) is 46.2 Å². The summed E-state index contributed by atoms with van der Waals surface area (Å²) < 4.78 is 20.7. The van der Waals surface area contributed by atoms with E-state index in [1.807, 2.05) is 0 Å². The van der Waals surface area contributed by atoms with Gasteiger partial charge in [-0.3, -0.25) is 0 Å². The molecule has 3 rings (SSSR count). The molecule has 1 unspecified atom stereocenters. The Morgan fingerprint density at radius 1 is 1.14 bits per heavy atom. The summed E-state index contributed by atoms with van der Waals surface area (Å²) in [6.45, 7) is 9.42. The topological polar surface area (TPSA) is 141 Å². The summed E-state index contributed by atoms with van der Waals surface area (Å²) in [4.78, 5) is 43.7. The molecule has 0 fully saturated rings. The summed E-state index contributed by atoms with van der Waals surface area (Å²) in [5.74, 6) is -3.63. The lowest BCUT2D eigenvalue weighted by Crippen LogP contribution is -2.36. The number of esters is 2. The van der Waals surface area contributed by atoms with E-state index >= 15 is 0 Å². The van der Waals surface area contributed by atoms with E-state index in [4.69, 9.17) is 18.7 Å². The van der Waals surface area contributed by atoms with E-state index < -0.39 is 29.9 Å². The maximum Gasteiger partial charge on any atom is 0.397 e. The molecule has 0 saturated carbocycles. The van der Waals surface area contributed by atoms with Gasteiger partial charge in [0.05, 0.1) is 36.4 Å². The number of benzene rings is 1. The fourth-order valence-corrected chi connectivity index (χ4v) is 4.25. The average molecular weight is 514 g/mol. The Morgan fingerprint density at radius 3 is 2.46 bits per heavy atom. The molecule has 1 aromatic carbocycles. The van der Waals surface area contributed by atoms with Gasteiger partial charge in [0, 0.05) is 30.6 Å². The normalized spacial score (nSPS) is 15.9. The van der Waals surface area contributed by atoms with E-state index in [1.54, 1.807) is 70.9 Å². The number of hydrogen-bond acceptors (Lipinski definition) is 10. The van der Waals surface area contributed by atoms with Crippen LogP contribution < -0.4 is 0 Å². The highest BCUT2D eigenvalue weighted by Crippen LogP contribution is 2.43. The van der Waals surface area contributed by atoms with E-state index in [0.717, 1.165) is 0 Å². The molecule has 0 saturated heterocycles. The fraction of sp³-hybridized carbons (Fsp3) is 0.423. The van der Waals surface area contributed by atoms with Gasteiger partial charge in [0.25, 0.3) is 0 Å². The first-order valence-electron chi connectivity index (χ1n) is 11.8. The van der Waals surface area contributed by atoms with Crippen LogP contribution in [0.15, 0.2) is 51.3 Å². The van der Waals surface area contributed by atoms with Crippen LogP contribution in [0.3, 0.4) is 0 Å². The van der Waals surface area contributed by atoms with Crippen molar-refractivity contribution in [3.8, 4) is 11.4 Å². The number of carbonyl (C=O) groups is 3. The van der Waals surface area contributed by atoms with Crippen molar-refractivity contribution in [2.45, 2.75) is 46.6 Å². The van der Waals surface area contributed by atoms with Crippen molar-refractivity contribution in [2.24, 2.45) is 0 Å². The third-order valence-corrected chi connectivity index (χ3v) is 5.83. The van der Waals surface area contributed by atoms with Crippen LogP contribution in [0.2, 0.25) is 0 Å². The molecule has 1 aromatic heterocycles. The van der Waals surface area contributed by atoms with Crippen LogP contribution in [-0.4, -0.2) is 71.0 Å². The quantitative estimate of drug-likeness (QED) is 0.466. The molecule has 1 N–H and O–H groups in total. The molecule has 0 spiro atoms. The van der Waals surface area contributed by atoms with E-state index in [-0.39, 0.29) is 29.5 Å². The molecule has 2 aromatic rings. The molecule has 0 radical (unpaired) electrons. The molecule has 0 aliphatic carbocycles. The molecule has 2 heterocycles. The summed E-state index contributed by atoms with van der Waals surface area (Å²) in [5.41, 5.74) is 2.29. The highest BCUT2D eigenvalue weighted by atomic mass is 16.6. The van der Waals surface area contributed by atoms with Gasteiger partial charge in [0.2, 0.25) is 5.82 Å². The Kier molecular flexibility index (Phi) is 8.82. The van der Waals surface area contributed by atoms with Crippen molar-refractivity contribution in [3.63, 3.8) is 0 Å². The first-order valence-corrected chi connectivity index (χ1v) is 11.8. The van der Waals surface area contributed by atoms with E-state index in [0.29, 0.717) is 35.7 Å². The standard InChI is InChI=1S/C26H31N3O8/c1-7-35-26(33)23-27-22(28-37-23)18-10-8-9-17(13-18)21-19(24(30)31)15(4)29(11-12-34-6)16(5)20(21)25(32)36-14(2)3/h8-10,13-14,21H,7,11-12H2,1-6H3,(H,30,31). The first kappa shape index (κ1) is 27.6. The number of methoxy groups -OCH3 is 1. The minimum atomic E-state index is -1.16. The zero-order valence-electron chi connectivity index (χ0n) is 21.7. The Hall–Kier alpha value is -3.99. The molecule has 1 atom stereocenters. The first-order chi connectivity index (χ1) is 17.6. The average Bonchev–Trinajstić information content (AvgIpc) is 3.33. The lowest BCUT2D eigenvalue weighted by molar-refractivity contribution is -0.143. The molecule has 198 valence electrons. The number of allylic oxidation sites excluding steroid dienone is 2.